The Morgan fingerprint density at radius 2 is 1.23 bits per heavy atom. The molecule has 0 fully saturated rings. The molecule has 0 aliphatic carbocycles. The summed E-state index contributed by atoms with van der Waals surface area (Å²) in [5.41, 5.74) is 1.89. The highest BCUT2D eigenvalue weighted by atomic mass is 16.3. The zero-order valence-corrected chi connectivity index (χ0v) is 16.8. The molecule has 0 aliphatic rings. The van der Waals surface area contributed by atoms with Gasteiger partial charge in [0.15, 0.2) is 0 Å². The highest BCUT2D eigenvalue weighted by molar-refractivity contribution is 5.94. The summed E-state index contributed by atoms with van der Waals surface area (Å²) < 4.78 is 0. The smallest absolute Gasteiger partial charge is 0.253 e. The third-order valence-corrected chi connectivity index (χ3v) is 5.02. The van der Waals surface area contributed by atoms with Crippen LogP contribution in [0.5, 0.6) is 0 Å². The lowest BCUT2D eigenvalue weighted by atomic mass is 10.0. The summed E-state index contributed by atoms with van der Waals surface area (Å²) in [6.45, 7) is 1.95. The summed E-state index contributed by atoms with van der Waals surface area (Å²) in [6, 6.07) is 7.71. The average molecular weight is 362 g/mol. The van der Waals surface area contributed by atoms with Gasteiger partial charge in [-0.25, -0.2) is 0 Å². The van der Waals surface area contributed by atoms with E-state index in [4.69, 9.17) is 5.11 Å². The van der Waals surface area contributed by atoms with E-state index < -0.39 is 0 Å². The number of nitrogens with one attached hydrogen (secondary N) is 1. The Balaban J connectivity index is 1.93. The molecule has 3 heteroatoms. The van der Waals surface area contributed by atoms with Gasteiger partial charge in [-0.3, -0.25) is 4.79 Å². The van der Waals surface area contributed by atoms with E-state index in [0.29, 0.717) is 5.56 Å². The molecule has 0 spiro atoms. The first-order chi connectivity index (χ1) is 12.8. The molecule has 0 atom stereocenters. The molecule has 1 aromatic rings. The van der Waals surface area contributed by atoms with Crippen LogP contribution in [-0.2, 0) is 6.42 Å². The fourth-order valence-corrected chi connectivity index (χ4v) is 3.34. The van der Waals surface area contributed by atoms with E-state index in [1.54, 1.807) is 0 Å². The quantitative estimate of drug-likeness (QED) is 0.280. The number of amides is 1. The van der Waals surface area contributed by atoms with Crippen molar-refractivity contribution < 1.29 is 9.90 Å². The second-order valence-electron chi connectivity index (χ2n) is 7.35. The SMILES string of the molecule is CCCCCCCCCCCCCCCc1ccc(C(=O)NCO)cc1. The van der Waals surface area contributed by atoms with Crippen molar-refractivity contribution in [1.82, 2.24) is 5.32 Å². The van der Waals surface area contributed by atoms with Gasteiger partial charge < -0.3 is 10.4 Å². The number of carbonyl (C=O) groups is 1. The zero-order valence-electron chi connectivity index (χ0n) is 16.8. The van der Waals surface area contributed by atoms with Crippen molar-refractivity contribution in [2.24, 2.45) is 0 Å². The second kappa shape index (κ2) is 15.9. The second-order valence-corrected chi connectivity index (χ2v) is 7.35. The molecule has 26 heavy (non-hydrogen) atoms. The van der Waals surface area contributed by atoms with Gasteiger partial charge in [-0.1, -0.05) is 96.1 Å². The number of unbranched alkanes of at least 4 members (excludes halogenated alkanes) is 12. The Morgan fingerprint density at radius 1 is 0.769 bits per heavy atom. The van der Waals surface area contributed by atoms with Crippen LogP contribution in [0.3, 0.4) is 0 Å². The third kappa shape index (κ3) is 11.3. The molecule has 148 valence electrons. The fourth-order valence-electron chi connectivity index (χ4n) is 3.34. The van der Waals surface area contributed by atoms with Crippen molar-refractivity contribution in [1.29, 1.82) is 0 Å². The highest BCUT2D eigenvalue weighted by Crippen LogP contribution is 2.14. The van der Waals surface area contributed by atoms with Gasteiger partial charge in [-0.2, -0.15) is 0 Å². The average Bonchev–Trinajstić information content (AvgIpc) is 2.66. The van der Waals surface area contributed by atoms with Crippen LogP contribution in [0.4, 0.5) is 0 Å². The standard InChI is InChI=1S/C23H39NO2/c1-2-3-4-5-6-7-8-9-10-11-12-13-14-15-21-16-18-22(19-17-21)23(26)24-20-25/h16-19,25H,2-15,20H2,1H3,(H,24,26). The molecule has 1 amide bonds. The molecule has 0 aliphatic heterocycles. The Hall–Kier alpha value is -1.35. The van der Waals surface area contributed by atoms with E-state index in [1.807, 2.05) is 24.3 Å². The number of hydrogen-bond donors (Lipinski definition) is 2. The normalized spacial score (nSPS) is 10.8. The van der Waals surface area contributed by atoms with E-state index >= 15 is 0 Å². The van der Waals surface area contributed by atoms with Crippen LogP contribution < -0.4 is 5.32 Å². The summed E-state index contributed by atoms with van der Waals surface area (Å²) in [5.74, 6) is -0.222. The molecule has 0 saturated heterocycles. The van der Waals surface area contributed by atoms with Crippen molar-refractivity contribution in [2.75, 3.05) is 6.73 Å². The van der Waals surface area contributed by atoms with Gasteiger partial charge in [0.25, 0.3) is 5.91 Å². The van der Waals surface area contributed by atoms with E-state index in [1.165, 1.54) is 89.0 Å². The van der Waals surface area contributed by atoms with Crippen molar-refractivity contribution in [3.63, 3.8) is 0 Å². The molecule has 0 aromatic heterocycles. The van der Waals surface area contributed by atoms with Gasteiger partial charge in [-0.05, 0) is 30.5 Å². The van der Waals surface area contributed by atoms with Gasteiger partial charge in [0.2, 0.25) is 0 Å². The summed E-state index contributed by atoms with van der Waals surface area (Å²) in [5, 5.41) is 11.1. The third-order valence-electron chi connectivity index (χ3n) is 5.02. The van der Waals surface area contributed by atoms with Gasteiger partial charge in [0, 0.05) is 5.56 Å². The minimum atomic E-state index is -0.320. The number of hydrogen-bond acceptors (Lipinski definition) is 2. The van der Waals surface area contributed by atoms with Crippen LogP contribution in [0.2, 0.25) is 0 Å². The number of aliphatic hydroxyl groups excluding tert-OH is 1. The van der Waals surface area contributed by atoms with Crippen LogP contribution in [0.1, 0.15) is 106 Å². The largest absolute Gasteiger partial charge is 0.376 e. The molecule has 0 unspecified atom stereocenters. The molecular formula is C23H39NO2. The maximum absolute atomic E-state index is 11.6. The van der Waals surface area contributed by atoms with Gasteiger partial charge in [-0.15, -0.1) is 0 Å². The van der Waals surface area contributed by atoms with Crippen molar-refractivity contribution in [3.8, 4) is 0 Å². The highest BCUT2D eigenvalue weighted by Gasteiger charge is 2.03. The maximum Gasteiger partial charge on any atom is 0.253 e. The molecule has 0 radical (unpaired) electrons. The van der Waals surface area contributed by atoms with Crippen molar-refractivity contribution >= 4 is 5.91 Å². The minimum Gasteiger partial charge on any atom is -0.376 e. The molecule has 3 nitrogen and oxygen atoms in total. The lowest BCUT2D eigenvalue weighted by Crippen LogP contribution is -2.23. The number of aryl methyl sites for hydroxylation is 1. The lowest BCUT2D eigenvalue weighted by molar-refractivity contribution is 0.0910. The predicted molar refractivity (Wildman–Crippen MR) is 110 cm³/mol. The van der Waals surface area contributed by atoms with Gasteiger partial charge in [0.1, 0.15) is 6.73 Å². The number of carbonyl (C=O) groups excluding carboxylic acids is 1. The van der Waals surface area contributed by atoms with E-state index in [2.05, 4.69) is 12.2 Å². The minimum absolute atomic E-state index is 0.222. The molecule has 0 bridgehead atoms. The Labute approximate surface area is 160 Å². The van der Waals surface area contributed by atoms with E-state index in [9.17, 15) is 4.79 Å². The molecule has 2 N–H and O–H groups in total. The summed E-state index contributed by atoms with van der Waals surface area (Å²) in [4.78, 5) is 11.6. The molecule has 0 heterocycles. The van der Waals surface area contributed by atoms with Crippen molar-refractivity contribution in [2.45, 2.75) is 96.8 Å². The Bertz CT molecular complexity index is 456. The molecule has 1 rings (SSSR count). The van der Waals surface area contributed by atoms with E-state index in [-0.39, 0.29) is 12.6 Å². The van der Waals surface area contributed by atoms with Gasteiger partial charge >= 0.3 is 0 Å². The molecule has 1 aromatic carbocycles. The summed E-state index contributed by atoms with van der Waals surface area (Å²) in [6.07, 6.45) is 19.0. The number of benzene rings is 1. The predicted octanol–water partition coefficient (Wildman–Crippen LogP) is 6.00. The number of aliphatic hydroxyl groups is 1. The molecular weight excluding hydrogens is 322 g/mol. The number of rotatable bonds is 16. The first kappa shape index (κ1) is 22.7. The van der Waals surface area contributed by atoms with Crippen LogP contribution in [0.15, 0.2) is 24.3 Å². The fraction of sp³-hybridized carbons (Fsp3) is 0.696. The van der Waals surface area contributed by atoms with Crippen molar-refractivity contribution in [3.05, 3.63) is 35.4 Å². The van der Waals surface area contributed by atoms with Crippen LogP contribution >= 0.6 is 0 Å². The first-order valence-electron chi connectivity index (χ1n) is 10.8. The Kier molecular flexibility index (Phi) is 13.8. The monoisotopic (exact) mass is 361 g/mol. The van der Waals surface area contributed by atoms with Crippen LogP contribution in [0.25, 0.3) is 0 Å². The summed E-state index contributed by atoms with van der Waals surface area (Å²) in [7, 11) is 0. The van der Waals surface area contributed by atoms with E-state index in [0.717, 1.165) is 6.42 Å². The first-order valence-corrected chi connectivity index (χ1v) is 10.8. The van der Waals surface area contributed by atoms with Crippen LogP contribution in [0, 0.1) is 0 Å². The maximum atomic E-state index is 11.6. The topological polar surface area (TPSA) is 49.3 Å². The van der Waals surface area contributed by atoms with Gasteiger partial charge in [0.05, 0.1) is 0 Å². The van der Waals surface area contributed by atoms with Crippen LogP contribution in [-0.4, -0.2) is 17.7 Å². The zero-order chi connectivity index (χ0) is 18.9. The lowest BCUT2D eigenvalue weighted by Gasteiger charge is -2.05. The molecule has 0 saturated carbocycles. The Morgan fingerprint density at radius 3 is 1.69 bits per heavy atom. The summed E-state index contributed by atoms with van der Waals surface area (Å²) >= 11 is 0.